The molecule has 1 aromatic rings. The fourth-order valence-electron chi connectivity index (χ4n) is 3.98. The fraction of sp³-hybridized carbons (Fsp3) is 0.667. The van der Waals surface area contributed by atoms with E-state index in [4.69, 9.17) is 11.6 Å². The van der Waals surface area contributed by atoms with Crippen molar-refractivity contribution in [2.24, 2.45) is 17.8 Å². The molecule has 1 N–H and O–H groups in total. The van der Waals surface area contributed by atoms with Gasteiger partial charge in [-0.3, -0.25) is 4.79 Å². The fourth-order valence-corrected chi connectivity index (χ4v) is 4.11. The molecule has 1 saturated carbocycles. The van der Waals surface area contributed by atoms with E-state index in [0.717, 1.165) is 35.9 Å². The number of carbonyl (C=O) groups is 1. The summed E-state index contributed by atoms with van der Waals surface area (Å²) in [6, 6.07) is 7.80. The highest BCUT2D eigenvalue weighted by Crippen LogP contribution is 2.43. The molecule has 25 heavy (non-hydrogen) atoms. The Morgan fingerprint density at radius 3 is 2.36 bits per heavy atom. The summed E-state index contributed by atoms with van der Waals surface area (Å²) in [6.45, 7) is 8.91. The van der Waals surface area contributed by atoms with Gasteiger partial charge in [0.15, 0.2) is 0 Å². The Kier molecular flexibility index (Phi) is 6.40. The largest absolute Gasteiger partial charge is 0.355 e. The van der Waals surface area contributed by atoms with Crippen molar-refractivity contribution in [3.8, 4) is 0 Å². The quantitative estimate of drug-likeness (QED) is 0.783. The first kappa shape index (κ1) is 18.7. The number of hydrogen-bond acceptors (Lipinski definition) is 2. The molecule has 138 valence electrons. The first-order valence-corrected chi connectivity index (χ1v) is 10.2. The molecule has 0 aromatic heterocycles. The van der Waals surface area contributed by atoms with E-state index < -0.39 is 0 Å². The lowest BCUT2D eigenvalue weighted by Gasteiger charge is -2.33. The van der Waals surface area contributed by atoms with Gasteiger partial charge in [-0.1, -0.05) is 37.6 Å². The van der Waals surface area contributed by atoms with Crippen LogP contribution in [-0.4, -0.2) is 37.0 Å². The van der Waals surface area contributed by atoms with E-state index in [9.17, 15) is 4.79 Å². The first-order chi connectivity index (χ1) is 12.0. The van der Waals surface area contributed by atoms with Gasteiger partial charge < -0.3 is 10.2 Å². The van der Waals surface area contributed by atoms with Crippen LogP contribution in [0.1, 0.15) is 51.0 Å². The standard InChI is InChI=1S/C21H31ClN2O/c1-15(2)14-24-11-9-16(10-12-24)13-23-21(25)20(17-3-4-17)18-5-7-19(22)8-6-18/h5-8,15-17,20H,3-4,9-14H2,1-2H3,(H,23,25). The second kappa shape index (κ2) is 8.55. The maximum atomic E-state index is 12.8. The van der Waals surface area contributed by atoms with Gasteiger partial charge in [-0.25, -0.2) is 0 Å². The van der Waals surface area contributed by atoms with E-state index in [1.165, 1.54) is 32.5 Å². The summed E-state index contributed by atoms with van der Waals surface area (Å²) in [6.07, 6.45) is 4.71. The smallest absolute Gasteiger partial charge is 0.227 e. The third kappa shape index (κ3) is 5.46. The molecule has 1 amide bonds. The van der Waals surface area contributed by atoms with Crippen LogP contribution in [0.4, 0.5) is 0 Å². The minimum Gasteiger partial charge on any atom is -0.355 e. The van der Waals surface area contributed by atoms with Crippen LogP contribution in [0.15, 0.2) is 24.3 Å². The van der Waals surface area contributed by atoms with Crippen molar-refractivity contribution >= 4 is 17.5 Å². The molecule has 2 aliphatic rings. The summed E-state index contributed by atoms with van der Waals surface area (Å²) in [5.41, 5.74) is 1.11. The highest BCUT2D eigenvalue weighted by molar-refractivity contribution is 6.30. The molecule has 1 aliphatic heterocycles. The number of likely N-dealkylation sites (tertiary alicyclic amines) is 1. The highest BCUT2D eigenvalue weighted by atomic mass is 35.5. The van der Waals surface area contributed by atoms with E-state index in [0.29, 0.717) is 11.8 Å². The van der Waals surface area contributed by atoms with Crippen LogP contribution in [0.3, 0.4) is 0 Å². The maximum Gasteiger partial charge on any atom is 0.227 e. The molecule has 1 atom stereocenters. The number of nitrogens with zero attached hydrogens (tertiary/aromatic N) is 1. The molecule has 1 aromatic carbocycles. The topological polar surface area (TPSA) is 32.3 Å². The monoisotopic (exact) mass is 362 g/mol. The number of benzene rings is 1. The molecule has 0 bridgehead atoms. The van der Waals surface area contributed by atoms with Crippen LogP contribution in [0, 0.1) is 17.8 Å². The third-order valence-corrected chi connectivity index (χ3v) is 5.75. The van der Waals surface area contributed by atoms with Gasteiger partial charge in [0.2, 0.25) is 5.91 Å². The van der Waals surface area contributed by atoms with Gasteiger partial charge in [0.25, 0.3) is 0 Å². The zero-order chi connectivity index (χ0) is 17.8. The predicted octanol–water partition coefficient (Wildman–Crippen LogP) is 4.32. The molecule has 1 saturated heterocycles. The average molecular weight is 363 g/mol. The summed E-state index contributed by atoms with van der Waals surface area (Å²) in [4.78, 5) is 15.4. The van der Waals surface area contributed by atoms with E-state index in [1.54, 1.807) is 0 Å². The second-order valence-corrected chi connectivity index (χ2v) is 8.69. The summed E-state index contributed by atoms with van der Waals surface area (Å²) in [5.74, 6) is 2.06. The molecule has 2 fully saturated rings. The summed E-state index contributed by atoms with van der Waals surface area (Å²) in [7, 11) is 0. The van der Waals surface area contributed by atoms with Crippen molar-refractivity contribution in [2.75, 3.05) is 26.2 Å². The van der Waals surface area contributed by atoms with Gasteiger partial charge in [-0.15, -0.1) is 0 Å². The number of amides is 1. The molecule has 0 spiro atoms. The molecule has 3 rings (SSSR count). The molecule has 1 unspecified atom stereocenters. The Hall–Kier alpha value is -1.06. The Morgan fingerprint density at radius 2 is 1.80 bits per heavy atom. The van der Waals surface area contributed by atoms with Crippen LogP contribution in [0.25, 0.3) is 0 Å². The molecular weight excluding hydrogens is 332 g/mol. The van der Waals surface area contributed by atoms with Crippen molar-refractivity contribution in [1.29, 1.82) is 0 Å². The van der Waals surface area contributed by atoms with Crippen molar-refractivity contribution in [3.63, 3.8) is 0 Å². The number of rotatable bonds is 7. The van der Waals surface area contributed by atoms with E-state index in [1.807, 2.05) is 24.3 Å². The summed E-state index contributed by atoms with van der Waals surface area (Å²) < 4.78 is 0. The highest BCUT2D eigenvalue weighted by Gasteiger charge is 2.37. The minimum absolute atomic E-state index is 0.00158. The van der Waals surface area contributed by atoms with Crippen molar-refractivity contribution in [2.45, 2.75) is 45.4 Å². The van der Waals surface area contributed by atoms with E-state index >= 15 is 0 Å². The normalized spacial score (nSPS) is 20.6. The molecular formula is C21H31ClN2O. The zero-order valence-electron chi connectivity index (χ0n) is 15.5. The first-order valence-electron chi connectivity index (χ1n) is 9.78. The van der Waals surface area contributed by atoms with Crippen molar-refractivity contribution < 1.29 is 4.79 Å². The second-order valence-electron chi connectivity index (χ2n) is 8.25. The average Bonchev–Trinajstić information content (AvgIpc) is 3.41. The molecule has 4 heteroatoms. The van der Waals surface area contributed by atoms with E-state index in [2.05, 4.69) is 24.1 Å². The minimum atomic E-state index is -0.00158. The lowest BCUT2D eigenvalue weighted by atomic mass is 9.92. The number of hydrogen-bond donors (Lipinski definition) is 1. The predicted molar refractivity (Wildman–Crippen MR) is 104 cm³/mol. The number of nitrogens with one attached hydrogen (secondary N) is 1. The molecule has 0 radical (unpaired) electrons. The number of carbonyl (C=O) groups excluding carboxylic acids is 1. The number of halogens is 1. The van der Waals surface area contributed by atoms with Crippen molar-refractivity contribution in [3.05, 3.63) is 34.9 Å². The lowest BCUT2D eigenvalue weighted by molar-refractivity contribution is -0.123. The van der Waals surface area contributed by atoms with Crippen LogP contribution in [0.2, 0.25) is 5.02 Å². The van der Waals surface area contributed by atoms with Gasteiger partial charge >= 0.3 is 0 Å². The Labute approximate surface area is 157 Å². The maximum absolute atomic E-state index is 12.8. The van der Waals surface area contributed by atoms with Gasteiger partial charge in [0.1, 0.15) is 0 Å². The SMILES string of the molecule is CC(C)CN1CCC(CNC(=O)C(c2ccc(Cl)cc2)C2CC2)CC1. The van der Waals surface area contributed by atoms with Crippen LogP contribution >= 0.6 is 11.6 Å². The summed E-state index contributed by atoms with van der Waals surface area (Å²) in [5, 5.41) is 3.98. The van der Waals surface area contributed by atoms with Gasteiger partial charge in [0.05, 0.1) is 5.92 Å². The Morgan fingerprint density at radius 1 is 1.16 bits per heavy atom. The van der Waals surface area contributed by atoms with Crippen LogP contribution in [-0.2, 0) is 4.79 Å². The lowest BCUT2D eigenvalue weighted by Crippen LogP contribution is -2.41. The summed E-state index contributed by atoms with van der Waals surface area (Å²) >= 11 is 5.99. The molecule has 3 nitrogen and oxygen atoms in total. The zero-order valence-corrected chi connectivity index (χ0v) is 16.3. The van der Waals surface area contributed by atoms with Gasteiger partial charge in [-0.2, -0.15) is 0 Å². The molecule has 1 aliphatic carbocycles. The van der Waals surface area contributed by atoms with Crippen molar-refractivity contribution in [1.82, 2.24) is 10.2 Å². The van der Waals surface area contributed by atoms with Gasteiger partial charge in [0, 0.05) is 18.1 Å². The van der Waals surface area contributed by atoms with Gasteiger partial charge in [-0.05, 0) is 74.2 Å². The number of piperidine rings is 1. The van der Waals surface area contributed by atoms with E-state index in [-0.39, 0.29) is 11.8 Å². The van der Waals surface area contributed by atoms with Crippen LogP contribution in [0.5, 0.6) is 0 Å². The van der Waals surface area contributed by atoms with Crippen LogP contribution < -0.4 is 5.32 Å². The Bertz CT molecular complexity index is 560. The molecule has 1 heterocycles. The Balaban J connectivity index is 1.49. The third-order valence-electron chi connectivity index (χ3n) is 5.50.